The van der Waals surface area contributed by atoms with E-state index in [2.05, 4.69) is 11.4 Å². The number of rotatable bonds is 1. The number of nitrogens with one attached hydrogen (secondary N) is 1. The van der Waals surface area contributed by atoms with Crippen molar-refractivity contribution in [1.82, 2.24) is 0 Å². The molecular formula is C15H11FN2O. The Balaban J connectivity index is 1.91. The average Bonchev–Trinajstić information content (AvgIpc) is 2.46. The van der Waals surface area contributed by atoms with E-state index in [4.69, 9.17) is 10.00 Å². The van der Waals surface area contributed by atoms with Gasteiger partial charge in [0.15, 0.2) is 0 Å². The van der Waals surface area contributed by atoms with Crippen LogP contribution in [0.5, 0.6) is 5.75 Å². The first-order valence-electron chi connectivity index (χ1n) is 5.95. The Kier molecular flexibility index (Phi) is 2.81. The minimum absolute atomic E-state index is 0.114. The lowest BCUT2D eigenvalue weighted by atomic mass is 10.0. The highest BCUT2D eigenvalue weighted by Crippen LogP contribution is 2.34. The van der Waals surface area contributed by atoms with Crippen LogP contribution in [0, 0.1) is 17.1 Å². The van der Waals surface area contributed by atoms with Gasteiger partial charge in [0.25, 0.3) is 0 Å². The summed E-state index contributed by atoms with van der Waals surface area (Å²) in [4.78, 5) is 0. The minimum Gasteiger partial charge on any atom is -0.489 e. The Hall–Kier alpha value is -2.54. The molecule has 0 bridgehead atoms. The molecule has 1 aliphatic heterocycles. The smallest absolute Gasteiger partial charge is 0.142 e. The summed E-state index contributed by atoms with van der Waals surface area (Å²) in [5, 5.41) is 12.2. The molecule has 1 heterocycles. The van der Waals surface area contributed by atoms with Crippen LogP contribution >= 0.6 is 0 Å². The van der Waals surface area contributed by atoms with E-state index in [1.807, 2.05) is 6.07 Å². The fourth-order valence-electron chi connectivity index (χ4n) is 2.14. The molecule has 0 amide bonds. The van der Waals surface area contributed by atoms with Crippen LogP contribution in [-0.4, -0.2) is 6.61 Å². The van der Waals surface area contributed by atoms with Gasteiger partial charge in [-0.15, -0.1) is 0 Å². The van der Waals surface area contributed by atoms with Gasteiger partial charge in [0.05, 0.1) is 23.4 Å². The predicted octanol–water partition coefficient (Wildman–Crippen LogP) is 3.24. The van der Waals surface area contributed by atoms with Gasteiger partial charge in [-0.3, -0.25) is 0 Å². The topological polar surface area (TPSA) is 45.0 Å². The van der Waals surface area contributed by atoms with Crippen LogP contribution in [0.2, 0.25) is 0 Å². The zero-order chi connectivity index (χ0) is 13.2. The second-order valence-electron chi connectivity index (χ2n) is 4.39. The van der Waals surface area contributed by atoms with Crippen molar-refractivity contribution in [2.45, 2.75) is 6.04 Å². The Bertz CT molecular complexity index is 663. The van der Waals surface area contributed by atoms with Crippen molar-refractivity contribution < 1.29 is 9.13 Å². The van der Waals surface area contributed by atoms with Gasteiger partial charge in [0.1, 0.15) is 18.2 Å². The standard InChI is InChI=1S/C15H11FN2O/c16-12-3-1-2-11(7-12)14-9-19-15-5-4-10(8-17)6-13(15)18-14/h1-7,14,18H,9H2. The quantitative estimate of drug-likeness (QED) is 0.849. The lowest BCUT2D eigenvalue weighted by Gasteiger charge is -2.27. The van der Waals surface area contributed by atoms with Crippen LogP contribution in [0.4, 0.5) is 10.1 Å². The summed E-state index contributed by atoms with van der Waals surface area (Å²) in [6, 6.07) is 13.6. The van der Waals surface area contributed by atoms with E-state index in [1.165, 1.54) is 12.1 Å². The molecule has 1 atom stereocenters. The van der Waals surface area contributed by atoms with Crippen molar-refractivity contribution in [3.8, 4) is 11.8 Å². The number of hydrogen-bond acceptors (Lipinski definition) is 3. The van der Waals surface area contributed by atoms with E-state index >= 15 is 0 Å². The number of halogens is 1. The molecule has 0 saturated carbocycles. The first kappa shape index (κ1) is 11.5. The molecule has 3 nitrogen and oxygen atoms in total. The fourth-order valence-corrected chi connectivity index (χ4v) is 2.14. The van der Waals surface area contributed by atoms with E-state index in [9.17, 15) is 4.39 Å². The summed E-state index contributed by atoms with van der Waals surface area (Å²) in [5.41, 5.74) is 2.15. The van der Waals surface area contributed by atoms with Gasteiger partial charge in [-0.05, 0) is 35.9 Å². The van der Waals surface area contributed by atoms with Crippen LogP contribution in [0.1, 0.15) is 17.2 Å². The zero-order valence-corrected chi connectivity index (χ0v) is 10.1. The molecule has 0 aliphatic carbocycles. The minimum atomic E-state index is -0.268. The van der Waals surface area contributed by atoms with Gasteiger partial charge in [0, 0.05) is 0 Å². The van der Waals surface area contributed by atoms with Gasteiger partial charge >= 0.3 is 0 Å². The summed E-state index contributed by atoms with van der Waals surface area (Å²) in [5.74, 6) is 0.447. The molecule has 0 aromatic heterocycles. The lowest BCUT2D eigenvalue weighted by molar-refractivity contribution is 0.286. The Labute approximate surface area is 110 Å². The molecule has 2 aromatic rings. The number of anilines is 1. The second-order valence-corrected chi connectivity index (χ2v) is 4.39. The number of nitriles is 1. The van der Waals surface area contributed by atoms with Crippen LogP contribution < -0.4 is 10.1 Å². The highest BCUT2D eigenvalue weighted by molar-refractivity contribution is 5.62. The average molecular weight is 254 g/mol. The van der Waals surface area contributed by atoms with E-state index in [0.717, 1.165) is 11.3 Å². The predicted molar refractivity (Wildman–Crippen MR) is 69.4 cm³/mol. The summed E-state index contributed by atoms with van der Waals surface area (Å²) in [7, 11) is 0. The molecular weight excluding hydrogens is 243 g/mol. The van der Waals surface area contributed by atoms with Crippen molar-refractivity contribution in [3.05, 3.63) is 59.4 Å². The summed E-state index contributed by atoms with van der Waals surface area (Å²) in [6.07, 6.45) is 0. The van der Waals surface area contributed by atoms with Crippen molar-refractivity contribution in [2.75, 3.05) is 11.9 Å². The van der Waals surface area contributed by atoms with Gasteiger partial charge < -0.3 is 10.1 Å². The molecule has 0 spiro atoms. The number of nitrogens with zero attached hydrogens (tertiary/aromatic N) is 1. The molecule has 1 N–H and O–H groups in total. The summed E-state index contributed by atoms with van der Waals surface area (Å²) in [6.45, 7) is 0.433. The highest BCUT2D eigenvalue weighted by atomic mass is 19.1. The third-order valence-electron chi connectivity index (χ3n) is 3.09. The number of fused-ring (bicyclic) bond motifs is 1. The maximum Gasteiger partial charge on any atom is 0.142 e. The third-order valence-corrected chi connectivity index (χ3v) is 3.09. The highest BCUT2D eigenvalue weighted by Gasteiger charge is 2.20. The molecule has 0 saturated heterocycles. The van der Waals surface area contributed by atoms with Crippen LogP contribution in [0.3, 0.4) is 0 Å². The van der Waals surface area contributed by atoms with Crippen molar-refractivity contribution >= 4 is 5.69 Å². The maximum atomic E-state index is 13.2. The normalized spacial score (nSPS) is 16.7. The molecule has 0 fully saturated rings. The summed E-state index contributed by atoms with van der Waals surface area (Å²) < 4.78 is 18.9. The van der Waals surface area contributed by atoms with E-state index < -0.39 is 0 Å². The monoisotopic (exact) mass is 254 g/mol. The first-order valence-corrected chi connectivity index (χ1v) is 5.95. The SMILES string of the molecule is N#Cc1ccc2c(c1)NC(c1cccc(F)c1)CO2. The van der Waals surface area contributed by atoms with Crippen molar-refractivity contribution in [2.24, 2.45) is 0 Å². The third kappa shape index (κ3) is 2.23. The zero-order valence-electron chi connectivity index (χ0n) is 10.1. The van der Waals surface area contributed by atoms with Gasteiger partial charge in [-0.2, -0.15) is 5.26 Å². The van der Waals surface area contributed by atoms with E-state index in [0.29, 0.717) is 17.9 Å². The Morgan fingerprint density at radius 1 is 1.26 bits per heavy atom. The Morgan fingerprint density at radius 3 is 2.95 bits per heavy atom. The fraction of sp³-hybridized carbons (Fsp3) is 0.133. The number of benzene rings is 2. The summed E-state index contributed by atoms with van der Waals surface area (Å²) >= 11 is 0. The van der Waals surface area contributed by atoms with Crippen molar-refractivity contribution in [3.63, 3.8) is 0 Å². The molecule has 3 rings (SSSR count). The molecule has 1 aliphatic rings. The van der Waals surface area contributed by atoms with E-state index in [1.54, 1.807) is 24.3 Å². The van der Waals surface area contributed by atoms with Gasteiger partial charge in [-0.1, -0.05) is 12.1 Å². The molecule has 1 unspecified atom stereocenters. The second kappa shape index (κ2) is 4.62. The number of ether oxygens (including phenoxy) is 1. The molecule has 2 aromatic carbocycles. The van der Waals surface area contributed by atoms with Crippen LogP contribution in [0.15, 0.2) is 42.5 Å². The molecule has 4 heteroatoms. The maximum absolute atomic E-state index is 13.2. The molecule has 94 valence electrons. The van der Waals surface area contributed by atoms with Crippen LogP contribution in [-0.2, 0) is 0 Å². The van der Waals surface area contributed by atoms with E-state index in [-0.39, 0.29) is 11.9 Å². The molecule has 0 radical (unpaired) electrons. The lowest BCUT2D eigenvalue weighted by Crippen LogP contribution is -2.24. The first-order chi connectivity index (χ1) is 9.26. The van der Waals surface area contributed by atoms with Crippen molar-refractivity contribution in [1.29, 1.82) is 5.26 Å². The Morgan fingerprint density at radius 2 is 2.16 bits per heavy atom. The molecule has 19 heavy (non-hydrogen) atoms. The van der Waals surface area contributed by atoms with Gasteiger partial charge in [0.2, 0.25) is 0 Å². The van der Waals surface area contributed by atoms with Crippen LogP contribution in [0.25, 0.3) is 0 Å². The number of hydrogen-bond donors (Lipinski definition) is 1. The largest absolute Gasteiger partial charge is 0.489 e. The van der Waals surface area contributed by atoms with Gasteiger partial charge in [-0.25, -0.2) is 4.39 Å².